The first-order chi connectivity index (χ1) is 28.0. The van der Waals surface area contributed by atoms with E-state index in [1.165, 1.54) is 36.8 Å². The van der Waals surface area contributed by atoms with Crippen molar-refractivity contribution in [3.8, 4) is 0 Å². The standard InChI is InChI=1S/2C23H30N2O.C2H2O4/c2*1-3-23(26)25(22-12-8-5-9-13-22)18-19(2)24-16-14-21(15-17-24)20-10-6-4-7-11-20;3-1(4)2(5)6/h2*4-13,19,21H,3,14-18H2,1-2H3;(H,3,4)(H,5,6). The summed E-state index contributed by atoms with van der Waals surface area (Å²) in [4.78, 5) is 52.1. The molecule has 2 heterocycles. The van der Waals surface area contributed by atoms with Crippen molar-refractivity contribution in [1.82, 2.24) is 9.80 Å². The van der Waals surface area contributed by atoms with Crippen molar-refractivity contribution in [2.45, 2.75) is 90.1 Å². The molecule has 0 aromatic heterocycles. The number of benzene rings is 4. The van der Waals surface area contributed by atoms with Crippen molar-refractivity contribution >= 4 is 35.1 Å². The Kier molecular flexibility index (Phi) is 18.6. The highest BCUT2D eigenvalue weighted by Gasteiger charge is 2.28. The average Bonchev–Trinajstić information content (AvgIpc) is 3.28. The molecule has 0 saturated carbocycles. The van der Waals surface area contributed by atoms with E-state index in [4.69, 9.17) is 19.8 Å². The number of hydrogen-bond donors (Lipinski definition) is 2. The summed E-state index contributed by atoms with van der Waals surface area (Å²) < 4.78 is 0. The molecule has 0 bridgehead atoms. The van der Waals surface area contributed by atoms with Crippen molar-refractivity contribution < 1.29 is 29.4 Å². The van der Waals surface area contributed by atoms with Gasteiger partial charge in [0.1, 0.15) is 0 Å². The topological polar surface area (TPSA) is 122 Å². The summed E-state index contributed by atoms with van der Waals surface area (Å²) in [6, 6.07) is 42.6. The second-order valence-corrected chi connectivity index (χ2v) is 15.1. The Bertz CT molecular complexity index is 1680. The van der Waals surface area contributed by atoms with Gasteiger partial charge in [-0.3, -0.25) is 19.4 Å². The molecule has 4 aromatic rings. The summed E-state index contributed by atoms with van der Waals surface area (Å²) in [5.74, 6) is -1.92. The number of likely N-dealkylation sites (tertiary alicyclic amines) is 2. The number of piperidine rings is 2. The minimum atomic E-state index is -1.82. The Morgan fingerprint density at radius 3 is 1.05 bits per heavy atom. The number of carbonyl (C=O) groups is 4. The van der Waals surface area contributed by atoms with Crippen LogP contribution in [0.1, 0.15) is 89.2 Å². The van der Waals surface area contributed by atoms with E-state index >= 15 is 0 Å². The Morgan fingerprint density at radius 1 is 0.517 bits per heavy atom. The zero-order chi connectivity index (χ0) is 41.9. The lowest BCUT2D eigenvalue weighted by Crippen LogP contribution is -2.47. The molecule has 4 aromatic carbocycles. The van der Waals surface area contributed by atoms with Crippen LogP contribution in [-0.2, 0) is 19.2 Å². The maximum atomic E-state index is 12.5. The number of anilines is 2. The minimum absolute atomic E-state index is 0.197. The van der Waals surface area contributed by atoms with Gasteiger partial charge < -0.3 is 20.0 Å². The van der Waals surface area contributed by atoms with Gasteiger partial charge >= 0.3 is 11.9 Å². The summed E-state index contributed by atoms with van der Waals surface area (Å²) >= 11 is 0. The van der Waals surface area contributed by atoms with E-state index in [9.17, 15) is 9.59 Å². The predicted molar refractivity (Wildman–Crippen MR) is 232 cm³/mol. The van der Waals surface area contributed by atoms with Gasteiger partial charge in [0, 0.05) is 49.4 Å². The molecular formula is C48H62N4O6. The van der Waals surface area contributed by atoms with E-state index in [1.807, 2.05) is 84.3 Å². The van der Waals surface area contributed by atoms with Gasteiger partial charge in [-0.1, -0.05) is 111 Å². The van der Waals surface area contributed by atoms with Crippen LogP contribution >= 0.6 is 0 Å². The third-order valence-electron chi connectivity index (χ3n) is 11.3. The van der Waals surface area contributed by atoms with Gasteiger partial charge in [-0.05, 0) is 113 Å². The number of nitrogens with zero attached hydrogens (tertiary/aromatic N) is 4. The molecule has 2 aliphatic heterocycles. The first-order valence-corrected chi connectivity index (χ1v) is 20.8. The number of para-hydroxylation sites is 2. The molecule has 2 atom stereocenters. The van der Waals surface area contributed by atoms with Crippen LogP contribution in [0.5, 0.6) is 0 Å². The summed E-state index contributed by atoms with van der Waals surface area (Å²) in [5.41, 5.74) is 4.94. The Balaban J connectivity index is 0.000000225. The number of amides is 2. The van der Waals surface area contributed by atoms with Crippen LogP contribution in [0, 0.1) is 0 Å². The Hall–Kier alpha value is -5.32. The highest BCUT2D eigenvalue weighted by Crippen LogP contribution is 2.30. The largest absolute Gasteiger partial charge is 0.473 e. The molecule has 2 amide bonds. The van der Waals surface area contributed by atoms with Crippen LogP contribution in [0.4, 0.5) is 11.4 Å². The molecule has 2 N–H and O–H groups in total. The highest BCUT2D eigenvalue weighted by molar-refractivity contribution is 6.27. The lowest BCUT2D eigenvalue weighted by atomic mass is 9.89. The Labute approximate surface area is 345 Å². The smallest absolute Gasteiger partial charge is 0.414 e. The van der Waals surface area contributed by atoms with Gasteiger partial charge in [0.05, 0.1) is 0 Å². The number of hydrogen-bond acceptors (Lipinski definition) is 6. The summed E-state index contributed by atoms with van der Waals surface area (Å²) in [7, 11) is 0. The number of carboxylic acid groups (broad SMARTS) is 2. The SMILES string of the molecule is CCC(=O)N(CC(C)N1CCC(c2ccccc2)CC1)c1ccccc1.CCC(=O)N(CC(C)N1CCC(c2ccccc2)CC1)c1ccccc1.O=C(O)C(=O)O. The van der Waals surface area contributed by atoms with Crippen molar-refractivity contribution in [1.29, 1.82) is 0 Å². The van der Waals surface area contributed by atoms with Crippen LogP contribution in [-0.4, -0.2) is 95.1 Å². The second kappa shape index (κ2) is 23.8. The first-order valence-electron chi connectivity index (χ1n) is 20.8. The van der Waals surface area contributed by atoms with Crippen LogP contribution < -0.4 is 9.80 Å². The number of aliphatic carboxylic acids is 2. The fraction of sp³-hybridized carbons (Fsp3) is 0.417. The van der Waals surface area contributed by atoms with Crippen LogP contribution in [0.25, 0.3) is 0 Å². The molecule has 10 heteroatoms. The molecule has 0 spiro atoms. The predicted octanol–water partition coefficient (Wildman–Crippen LogP) is 8.55. The number of carbonyl (C=O) groups excluding carboxylic acids is 2. The van der Waals surface area contributed by atoms with Crippen LogP contribution in [0.2, 0.25) is 0 Å². The van der Waals surface area contributed by atoms with Crippen LogP contribution in [0.3, 0.4) is 0 Å². The summed E-state index contributed by atoms with van der Waals surface area (Å²) in [6.45, 7) is 14.3. The maximum absolute atomic E-state index is 12.5. The molecule has 310 valence electrons. The van der Waals surface area contributed by atoms with E-state index in [0.717, 1.165) is 50.6 Å². The Morgan fingerprint density at radius 2 is 0.793 bits per heavy atom. The molecule has 2 unspecified atom stereocenters. The van der Waals surface area contributed by atoms with E-state index in [0.29, 0.717) is 36.8 Å². The normalized spacial score (nSPS) is 16.0. The molecule has 2 saturated heterocycles. The first kappa shape index (κ1) is 45.4. The van der Waals surface area contributed by atoms with Gasteiger partial charge in [0.15, 0.2) is 0 Å². The fourth-order valence-electron chi connectivity index (χ4n) is 7.86. The lowest BCUT2D eigenvalue weighted by Gasteiger charge is -2.38. The highest BCUT2D eigenvalue weighted by atomic mass is 16.4. The third kappa shape index (κ3) is 14.0. The van der Waals surface area contributed by atoms with Gasteiger partial charge in [0.2, 0.25) is 11.8 Å². The van der Waals surface area contributed by atoms with Gasteiger partial charge in [-0.25, -0.2) is 9.59 Å². The molecule has 58 heavy (non-hydrogen) atoms. The monoisotopic (exact) mass is 790 g/mol. The molecule has 2 fully saturated rings. The maximum Gasteiger partial charge on any atom is 0.414 e. The van der Waals surface area contributed by atoms with Crippen molar-refractivity contribution in [2.24, 2.45) is 0 Å². The third-order valence-corrected chi connectivity index (χ3v) is 11.3. The zero-order valence-electron chi connectivity index (χ0n) is 34.7. The number of rotatable bonds is 12. The molecule has 6 rings (SSSR count). The fourth-order valence-corrected chi connectivity index (χ4v) is 7.86. The molecule has 2 aliphatic rings. The number of carboxylic acids is 2. The molecule has 10 nitrogen and oxygen atoms in total. The van der Waals surface area contributed by atoms with Crippen molar-refractivity contribution in [2.75, 3.05) is 49.1 Å². The lowest BCUT2D eigenvalue weighted by molar-refractivity contribution is -0.159. The van der Waals surface area contributed by atoms with E-state index < -0.39 is 11.9 Å². The second-order valence-electron chi connectivity index (χ2n) is 15.1. The van der Waals surface area contributed by atoms with Crippen molar-refractivity contribution in [3.63, 3.8) is 0 Å². The molecule has 0 radical (unpaired) electrons. The van der Waals surface area contributed by atoms with Crippen molar-refractivity contribution in [3.05, 3.63) is 132 Å². The molecular weight excluding hydrogens is 729 g/mol. The molecule has 0 aliphatic carbocycles. The van der Waals surface area contributed by atoms with Gasteiger partial charge in [0.25, 0.3) is 0 Å². The quantitative estimate of drug-likeness (QED) is 0.137. The van der Waals surface area contributed by atoms with Crippen LogP contribution in [0.15, 0.2) is 121 Å². The summed E-state index contributed by atoms with van der Waals surface area (Å²) in [6.07, 6.45) is 5.86. The van der Waals surface area contributed by atoms with Gasteiger partial charge in [-0.15, -0.1) is 0 Å². The summed E-state index contributed by atoms with van der Waals surface area (Å²) in [5, 5.41) is 14.8. The average molecular weight is 791 g/mol. The zero-order valence-corrected chi connectivity index (χ0v) is 34.7. The van der Waals surface area contributed by atoms with Gasteiger partial charge in [-0.2, -0.15) is 0 Å². The van der Waals surface area contributed by atoms with E-state index in [2.05, 4.69) is 84.3 Å². The minimum Gasteiger partial charge on any atom is -0.473 e. The van der Waals surface area contributed by atoms with E-state index in [-0.39, 0.29) is 11.8 Å². The van der Waals surface area contributed by atoms with E-state index in [1.54, 1.807) is 0 Å².